The molecule has 2 heterocycles. The van der Waals surface area contributed by atoms with Crippen LogP contribution in [0.3, 0.4) is 0 Å². The van der Waals surface area contributed by atoms with Crippen molar-refractivity contribution in [2.45, 2.75) is 25.3 Å². The fourth-order valence-corrected chi connectivity index (χ4v) is 5.01. The molecule has 2 atom stereocenters. The molecule has 3 aromatic rings. The van der Waals surface area contributed by atoms with Gasteiger partial charge in [0.1, 0.15) is 4.92 Å². The maximum atomic E-state index is 13.3. The molecule has 5 rings (SSSR count). The van der Waals surface area contributed by atoms with Gasteiger partial charge in [-0.2, -0.15) is 5.10 Å². The summed E-state index contributed by atoms with van der Waals surface area (Å²) in [5.74, 6) is -2.54. The number of nitrogens with zero attached hydrogens (tertiary/aromatic N) is 3. The third kappa shape index (κ3) is 5.34. The monoisotopic (exact) mass is 553 g/mol. The Kier molecular flexibility index (Phi) is 7.31. The summed E-state index contributed by atoms with van der Waals surface area (Å²) in [5, 5.41) is 18.1. The number of nitro groups is 1. The lowest BCUT2D eigenvalue weighted by atomic mass is 9.77. The molecule has 2 aliphatic rings. The number of ether oxygens (including phenoxy) is 1. The molecule has 38 heavy (non-hydrogen) atoms. The minimum absolute atomic E-state index is 0.0594. The second-order valence-electron chi connectivity index (χ2n) is 8.91. The summed E-state index contributed by atoms with van der Waals surface area (Å²) in [6.45, 7) is -0.614. The number of fused-ring (bicyclic) bond motifs is 1. The van der Waals surface area contributed by atoms with Crippen LogP contribution in [-0.2, 0) is 9.53 Å². The molecule has 1 amide bonds. The van der Waals surface area contributed by atoms with Gasteiger partial charge in [-0.3, -0.25) is 14.9 Å². The number of carbonyl (C=O) groups is 2. The Balaban J connectivity index is 1.41. The topological polar surface area (TPSA) is 115 Å². The Labute approximate surface area is 227 Å². The summed E-state index contributed by atoms with van der Waals surface area (Å²) >= 11 is 12.1. The molecular formula is C27H21Cl2N3O6. The highest BCUT2D eigenvalue weighted by atomic mass is 35.5. The predicted octanol–water partition coefficient (Wildman–Crippen LogP) is 6.47. The number of amides is 1. The highest BCUT2D eigenvalue weighted by Crippen LogP contribution is 2.44. The van der Waals surface area contributed by atoms with Crippen LogP contribution in [0.4, 0.5) is 5.88 Å². The molecule has 2 aromatic carbocycles. The number of esters is 1. The second kappa shape index (κ2) is 10.8. The van der Waals surface area contributed by atoms with E-state index in [0.717, 1.165) is 53.8 Å². The molecule has 194 valence electrons. The number of rotatable bonds is 6. The standard InChI is InChI=1S/C27H21Cl2N3O6/c28-19-8-4-16(5-9-19)14-18-2-1-3-21-25(18)30-31(26(21)17-6-10-20(29)11-7-17)23(33)15-37-27(34)22-12-13-24(38-22)32(35)36/h4-14,21,26H,1-3,15H2. The molecule has 1 aromatic heterocycles. The van der Waals surface area contributed by atoms with Gasteiger partial charge in [-0.1, -0.05) is 47.5 Å². The zero-order valence-electron chi connectivity index (χ0n) is 19.9. The number of furan rings is 1. The zero-order valence-corrected chi connectivity index (χ0v) is 21.4. The maximum Gasteiger partial charge on any atom is 0.433 e. The molecule has 9 nitrogen and oxygen atoms in total. The molecule has 1 aliphatic carbocycles. The van der Waals surface area contributed by atoms with E-state index < -0.39 is 35.3 Å². The zero-order chi connectivity index (χ0) is 26.8. The molecule has 1 saturated carbocycles. The van der Waals surface area contributed by atoms with Crippen LogP contribution in [0.5, 0.6) is 0 Å². The molecule has 0 N–H and O–H groups in total. The van der Waals surface area contributed by atoms with Gasteiger partial charge in [0.2, 0.25) is 5.76 Å². The van der Waals surface area contributed by atoms with Crippen LogP contribution >= 0.6 is 23.2 Å². The summed E-state index contributed by atoms with van der Waals surface area (Å²) in [4.78, 5) is 35.7. The first-order chi connectivity index (χ1) is 18.3. The van der Waals surface area contributed by atoms with Gasteiger partial charge >= 0.3 is 11.9 Å². The Morgan fingerprint density at radius 2 is 1.76 bits per heavy atom. The van der Waals surface area contributed by atoms with E-state index in [-0.39, 0.29) is 11.7 Å². The number of benzene rings is 2. The van der Waals surface area contributed by atoms with Crippen molar-refractivity contribution in [1.82, 2.24) is 5.01 Å². The van der Waals surface area contributed by atoms with Crippen molar-refractivity contribution in [1.29, 1.82) is 0 Å². The van der Waals surface area contributed by atoms with Crippen molar-refractivity contribution < 1.29 is 23.7 Å². The van der Waals surface area contributed by atoms with Crippen molar-refractivity contribution >= 4 is 52.8 Å². The van der Waals surface area contributed by atoms with Crippen LogP contribution in [-0.4, -0.2) is 34.1 Å². The van der Waals surface area contributed by atoms with Crippen LogP contribution in [0.25, 0.3) is 6.08 Å². The Bertz CT molecular complexity index is 1450. The van der Waals surface area contributed by atoms with E-state index in [4.69, 9.17) is 37.5 Å². The van der Waals surface area contributed by atoms with Crippen LogP contribution in [0.2, 0.25) is 10.0 Å². The summed E-state index contributed by atoms with van der Waals surface area (Å²) in [7, 11) is 0. The number of hydrogen-bond donors (Lipinski definition) is 0. The van der Waals surface area contributed by atoms with Gasteiger partial charge in [0.25, 0.3) is 5.91 Å². The van der Waals surface area contributed by atoms with Gasteiger partial charge < -0.3 is 9.15 Å². The summed E-state index contributed by atoms with van der Waals surface area (Å²) in [6.07, 6.45) is 4.60. The molecule has 1 aliphatic heterocycles. The minimum atomic E-state index is -0.984. The van der Waals surface area contributed by atoms with Crippen LogP contribution in [0.15, 0.2) is 75.8 Å². The molecule has 2 unspecified atom stereocenters. The predicted molar refractivity (Wildman–Crippen MR) is 141 cm³/mol. The highest BCUT2D eigenvalue weighted by molar-refractivity contribution is 6.30. The first-order valence-corrected chi connectivity index (χ1v) is 12.6. The van der Waals surface area contributed by atoms with Gasteiger partial charge in [-0.05, 0) is 72.4 Å². The van der Waals surface area contributed by atoms with E-state index >= 15 is 0 Å². The molecule has 0 saturated heterocycles. The first-order valence-electron chi connectivity index (χ1n) is 11.8. The van der Waals surface area contributed by atoms with Crippen LogP contribution < -0.4 is 0 Å². The lowest BCUT2D eigenvalue weighted by molar-refractivity contribution is -0.402. The van der Waals surface area contributed by atoms with E-state index in [1.807, 2.05) is 36.4 Å². The normalized spacial score (nSPS) is 19.7. The largest absolute Gasteiger partial charge is 0.450 e. The van der Waals surface area contributed by atoms with Crippen molar-refractivity contribution in [2.24, 2.45) is 11.0 Å². The lowest BCUT2D eigenvalue weighted by Gasteiger charge is -2.29. The maximum absolute atomic E-state index is 13.3. The minimum Gasteiger partial charge on any atom is -0.450 e. The summed E-state index contributed by atoms with van der Waals surface area (Å²) in [6, 6.07) is 16.5. The average molecular weight is 554 g/mol. The molecule has 11 heteroatoms. The number of allylic oxidation sites excluding steroid dienone is 1. The van der Waals surface area contributed by atoms with E-state index in [2.05, 4.69) is 6.08 Å². The first kappa shape index (κ1) is 25.7. The molecule has 0 radical (unpaired) electrons. The third-order valence-electron chi connectivity index (χ3n) is 6.48. The Morgan fingerprint density at radius 1 is 1.08 bits per heavy atom. The number of hydrogen-bond acceptors (Lipinski definition) is 7. The smallest absolute Gasteiger partial charge is 0.433 e. The molecule has 1 fully saturated rings. The number of halogens is 2. The third-order valence-corrected chi connectivity index (χ3v) is 6.98. The lowest BCUT2D eigenvalue weighted by Crippen LogP contribution is -2.34. The van der Waals surface area contributed by atoms with E-state index in [1.165, 1.54) is 5.01 Å². The fraction of sp³-hybridized carbons (Fsp3) is 0.222. The average Bonchev–Trinajstić information content (AvgIpc) is 3.56. The van der Waals surface area contributed by atoms with Crippen LogP contribution in [0, 0.1) is 16.0 Å². The van der Waals surface area contributed by atoms with E-state index in [9.17, 15) is 19.7 Å². The van der Waals surface area contributed by atoms with Crippen molar-refractivity contribution in [3.63, 3.8) is 0 Å². The molecule has 0 bridgehead atoms. The van der Waals surface area contributed by atoms with Crippen molar-refractivity contribution in [3.05, 3.63) is 103 Å². The van der Waals surface area contributed by atoms with E-state index in [1.54, 1.807) is 12.1 Å². The highest BCUT2D eigenvalue weighted by Gasteiger charge is 2.44. The molecular weight excluding hydrogens is 533 g/mol. The number of carbonyl (C=O) groups excluding carboxylic acids is 2. The Hall–Kier alpha value is -3.95. The summed E-state index contributed by atoms with van der Waals surface area (Å²) in [5.41, 5.74) is 3.67. The van der Waals surface area contributed by atoms with Gasteiger partial charge in [-0.15, -0.1) is 0 Å². The second-order valence-corrected chi connectivity index (χ2v) is 9.78. The summed E-state index contributed by atoms with van der Waals surface area (Å²) < 4.78 is 9.99. The fourth-order valence-electron chi connectivity index (χ4n) is 4.76. The van der Waals surface area contributed by atoms with Gasteiger partial charge in [0, 0.05) is 16.0 Å². The number of hydrazone groups is 1. The Morgan fingerprint density at radius 3 is 2.42 bits per heavy atom. The van der Waals surface area contributed by atoms with E-state index in [0.29, 0.717) is 10.0 Å². The SMILES string of the molecule is O=C(OCC(=O)N1N=C2C(=Cc3ccc(Cl)cc3)CCCC2C1c1ccc(Cl)cc1)c1ccc([N+](=O)[O-])o1. The quantitative estimate of drug-likeness (QED) is 0.196. The van der Waals surface area contributed by atoms with Gasteiger partial charge in [0.15, 0.2) is 6.61 Å². The van der Waals surface area contributed by atoms with Crippen molar-refractivity contribution in [3.8, 4) is 0 Å². The van der Waals surface area contributed by atoms with Crippen LogP contribution in [0.1, 0.15) is 47.0 Å². The van der Waals surface area contributed by atoms with Gasteiger partial charge in [0.05, 0.1) is 17.8 Å². The van der Waals surface area contributed by atoms with Gasteiger partial charge in [-0.25, -0.2) is 9.80 Å². The van der Waals surface area contributed by atoms with Crippen molar-refractivity contribution in [2.75, 3.05) is 6.61 Å². The molecule has 0 spiro atoms.